The monoisotopic (exact) mass is 440 g/mol. The minimum Gasteiger partial charge on any atom is -0.378 e. The van der Waals surface area contributed by atoms with E-state index in [1.165, 1.54) is 0 Å². The molecule has 1 saturated heterocycles. The molecule has 2 aliphatic heterocycles. The Kier molecular flexibility index (Phi) is 7.84. The molecule has 2 aliphatic rings. The Morgan fingerprint density at radius 1 is 1.33 bits per heavy atom. The van der Waals surface area contributed by atoms with E-state index in [4.69, 9.17) is 5.73 Å². The Morgan fingerprint density at radius 2 is 2.07 bits per heavy atom. The van der Waals surface area contributed by atoms with Gasteiger partial charge in [-0.15, -0.1) is 6.54 Å². The first-order valence-electron chi connectivity index (χ1n) is 8.96. The molecule has 1 fully saturated rings. The van der Waals surface area contributed by atoms with E-state index in [1.54, 1.807) is 15.9 Å². The summed E-state index contributed by atoms with van der Waals surface area (Å²) in [5, 5.41) is 9.38. The van der Waals surface area contributed by atoms with Crippen LogP contribution in [0.5, 0.6) is 0 Å². The Hall–Kier alpha value is -1.42. The number of nitrogens with two attached hydrogens (primary N) is 1. The smallest absolute Gasteiger partial charge is 0.321 e. The van der Waals surface area contributed by atoms with Gasteiger partial charge in [0.05, 0.1) is 18.2 Å². The van der Waals surface area contributed by atoms with E-state index >= 15 is 0 Å². The van der Waals surface area contributed by atoms with Gasteiger partial charge >= 0.3 is 6.03 Å². The van der Waals surface area contributed by atoms with Crippen molar-refractivity contribution < 1.29 is 37.5 Å². The second-order valence-electron chi connectivity index (χ2n) is 6.77. The zero-order valence-electron chi connectivity index (χ0n) is 15.6. The van der Waals surface area contributed by atoms with Gasteiger partial charge in [0.2, 0.25) is 0 Å². The van der Waals surface area contributed by atoms with Crippen LogP contribution in [-0.4, -0.2) is 52.4 Å². The van der Waals surface area contributed by atoms with Crippen molar-refractivity contribution in [3.05, 3.63) is 61.1 Å². The van der Waals surface area contributed by atoms with Crippen LogP contribution in [0.1, 0.15) is 24.0 Å². The minimum atomic E-state index is -0.268. The van der Waals surface area contributed by atoms with Crippen LogP contribution in [0.25, 0.3) is 0 Å². The molecule has 7 heteroatoms. The molecular formula is C20H25N5OY-2. The first kappa shape index (κ1) is 21.9. The Morgan fingerprint density at radius 3 is 2.74 bits per heavy atom. The molecule has 0 aromatic heterocycles. The average Bonchev–Trinajstić information content (AvgIpc) is 2.64. The van der Waals surface area contributed by atoms with Gasteiger partial charge in [-0.05, 0) is 24.5 Å². The van der Waals surface area contributed by atoms with E-state index in [9.17, 15) is 10.1 Å². The van der Waals surface area contributed by atoms with Crippen LogP contribution in [0, 0.1) is 25.2 Å². The first-order valence-corrected chi connectivity index (χ1v) is 8.96. The number of likely N-dealkylation sites (tertiary alicyclic amines) is 1. The predicted molar refractivity (Wildman–Crippen MR) is 100 cm³/mol. The maximum Gasteiger partial charge on any atom is 0.321 e. The number of piperidine rings is 1. The molecular weight excluding hydrogens is 415 g/mol. The number of nitrogens with zero attached hydrogens (tertiary/aromatic N) is 4. The van der Waals surface area contributed by atoms with Crippen molar-refractivity contribution in [2.24, 2.45) is 5.73 Å². The average molecular weight is 440 g/mol. The quantitative estimate of drug-likeness (QED) is 0.728. The van der Waals surface area contributed by atoms with Crippen molar-refractivity contribution >= 4 is 6.03 Å². The number of carbonyl (C=O) groups is 1. The van der Waals surface area contributed by atoms with Gasteiger partial charge in [-0.2, -0.15) is 5.26 Å². The van der Waals surface area contributed by atoms with Gasteiger partial charge in [0, 0.05) is 51.8 Å². The third-order valence-corrected chi connectivity index (χ3v) is 4.98. The van der Waals surface area contributed by atoms with Crippen molar-refractivity contribution in [1.82, 2.24) is 14.7 Å². The van der Waals surface area contributed by atoms with Gasteiger partial charge < -0.3 is 29.4 Å². The molecule has 1 radical (unpaired) electrons. The van der Waals surface area contributed by atoms with Crippen molar-refractivity contribution in [2.45, 2.75) is 31.5 Å². The summed E-state index contributed by atoms with van der Waals surface area (Å²) in [6, 6.07) is 9.27. The summed E-state index contributed by atoms with van der Waals surface area (Å²) >= 11 is 0. The molecule has 141 valence electrons. The summed E-state index contributed by atoms with van der Waals surface area (Å²) in [7, 11) is 0. The third-order valence-electron chi connectivity index (χ3n) is 4.98. The van der Waals surface area contributed by atoms with E-state index in [-0.39, 0.29) is 50.8 Å². The van der Waals surface area contributed by atoms with Crippen molar-refractivity contribution in [3.63, 3.8) is 0 Å². The largest absolute Gasteiger partial charge is 0.378 e. The van der Waals surface area contributed by atoms with Gasteiger partial charge in [-0.3, -0.25) is 4.90 Å². The molecule has 2 amide bonds. The van der Waals surface area contributed by atoms with E-state index in [1.807, 2.05) is 24.3 Å². The van der Waals surface area contributed by atoms with Crippen molar-refractivity contribution in [2.75, 3.05) is 19.6 Å². The van der Waals surface area contributed by atoms with Gasteiger partial charge in [0.15, 0.2) is 0 Å². The topological polar surface area (TPSA) is 76.6 Å². The summed E-state index contributed by atoms with van der Waals surface area (Å²) in [4.78, 5) is 18.6. The van der Waals surface area contributed by atoms with Crippen LogP contribution in [0.2, 0.25) is 0 Å². The molecule has 27 heavy (non-hydrogen) atoms. The molecule has 0 aliphatic carbocycles. The Balaban J connectivity index is 0.00000261. The van der Waals surface area contributed by atoms with Gasteiger partial charge in [0.25, 0.3) is 0 Å². The molecule has 0 spiro atoms. The van der Waals surface area contributed by atoms with Crippen LogP contribution in [0.4, 0.5) is 4.79 Å². The molecule has 1 unspecified atom stereocenters. The van der Waals surface area contributed by atoms with Gasteiger partial charge in [0.1, 0.15) is 5.82 Å². The van der Waals surface area contributed by atoms with Gasteiger partial charge in [-0.25, -0.2) is 4.79 Å². The number of benzene rings is 1. The number of amides is 2. The number of rotatable bonds is 4. The zero-order valence-corrected chi connectivity index (χ0v) is 18.4. The van der Waals surface area contributed by atoms with E-state index in [0.717, 1.165) is 30.8 Å². The van der Waals surface area contributed by atoms with Crippen LogP contribution in [-0.2, 0) is 39.3 Å². The fourth-order valence-corrected chi connectivity index (χ4v) is 3.59. The molecule has 1 aromatic carbocycles. The zero-order chi connectivity index (χ0) is 18.7. The molecule has 0 saturated carbocycles. The summed E-state index contributed by atoms with van der Waals surface area (Å²) in [6.07, 6.45) is 3.99. The molecule has 2 heterocycles. The molecule has 3 rings (SSSR count). The fraction of sp³-hybridized carbons (Fsp3) is 0.400. The summed E-state index contributed by atoms with van der Waals surface area (Å²) < 4.78 is 0. The fourth-order valence-electron chi connectivity index (χ4n) is 3.59. The standard InChI is InChI=1S/C20H25N5O.Y/c1-3-24-15(2)11-19(23-10-6-9-18(22)14-23)25(20(24)26)13-17-8-5-4-7-16(17)12-21;/h4-5,7-8,11,15,18H,1-3,6,9-10,13-14,22H2;/q-2;/t15?,18-;/m1./s1. The van der Waals surface area contributed by atoms with Crippen molar-refractivity contribution in [3.8, 4) is 6.07 Å². The Bertz CT molecular complexity index is 744. The van der Waals surface area contributed by atoms with Gasteiger partial charge in [-0.1, -0.05) is 30.3 Å². The second-order valence-corrected chi connectivity index (χ2v) is 6.77. The number of hydrogen-bond donors (Lipinski definition) is 1. The molecule has 6 nitrogen and oxygen atoms in total. The SMILES string of the molecule is [CH2-]CN1C(=O)N(Cc2ccccc2C#N)C(N2CCC[C@@H](N)C2)=CC1[CH2-].[Y]. The van der Waals surface area contributed by atoms with E-state index < -0.39 is 0 Å². The molecule has 1 aromatic rings. The summed E-state index contributed by atoms with van der Waals surface area (Å²) in [5.74, 6) is 0.836. The molecule has 2 N–H and O–H groups in total. The maximum atomic E-state index is 13.1. The predicted octanol–water partition coefficient (Wildman–Crippen LogP) is 2.09. The molecule has 0 bridgehead atoms. The van der Waals surface area contributed by atoms with E-state index in [0.29, 0.717) is 25.2 Å². The Labute approximate surface area is 186 Å². The van der Waals surface area contributed by atoms with Crippen LogP contribution in [0.3, 0.4) is 0 Å². The summed E-state index contributed by atoms with van der Waals surface area (Å²) in [6.45, 7) is 10.2. The minimum absolute atomic E-state index is 0. The maximum absolute atomic E-state index is 13.1. The van der Waals surface area contributed by atoms with Crippen molar-refractivity contribution in [1.29, 1.82) is 5.26 Å². The first-order chi connectivity index (χ1) is 12.5. The second kappa shape index (κ2) is 9.68. The molecule has 2 atom stereocenters. The van der Waals surface area contributed by atoms with E-state index in [2.05, 4.69) is 24.8 Å². The number of nitriles is 1. The van der Waals surface area contributed by atoms with Crippen LogP contribution >= 0.6 is 0 Å². The van der Waals surface area contributed by atoms with Crippen LogP contribution < -0.4 is 5.73 Å². The number of urea groups is 1. The van der Waals surface area contributed by atoms with Crippen LogP contribution in [0.15, 0.2) is 36.2 Å². The normalized spacial score (nSPS) is 22.8. The number of carbonyl (C=O) groups excluding carboxylic acids is 1. The summed E-state index contributed by atoms with van der Waals surface area (Å²) in [5.41, 5.74) is 7.54. The number of hydrogen-bond acceptors (Lipinski definition) is 4. The third kappa shape index (κ3) is 4.71.